The maximum absolute atomic E-state index is 12.7. The number of carbonyl (C=O) groups is 2. The van der Waals surface area contributed by atoms with Gasteiger partial charge in [-0.05, 0) is 36.8 Å². The summed E-state index contributed by atoms with van der Waals surface area (Å²) in [5, 5.41) is 2.80. The van der Waals surface area contributed by atoms with Crippen LogP contribution in [0.25, 0.3) is 11.0 Å². The largest absolute Gasteiger partial charge is 0.338 e. The summed E-state index contributed by atoms with van der Waals surface area (Å²) >= 11 is 1.13. The Morgan fingerprint density at radius 2 is 2.04 bits per heavy atom. The molecule has 0 radical (unpaired) electrons. The molecule has 25 heavy (non-hydrogen) atoms. The minimum atomic E-state index is -0.226. The van der Waals surface area contributed by atoms with Crippen molar-refractivity contribution in [1.82, 2.24) is 18.6 Å². The minimum absolute atomic E-state index is 0.0805. The standard InChI is InChI=1S/C17H15N5O2S/c23-16(19-15-3-1-2-7-18-15)12-6-8-22(10-12)17(24)11-4-5-13-14(9-11)21-25-20-13/h1-5,7,9,12H,6,8,10H2,(H,18,19,23). The molecule has 2 aromatic heterocycles. The summed E-state index contributed by atoms with van der Waals surface area (Å²) in [6, 6.07) is 10.7. The number of aromatic nitrogens is 3. The first-order valence-corrected chi connectivity index (χ1v) is 8.67. The third-order valence-corrected chi connectivity index (χ3v) is 4.82. The van der Waals surface area contributed by atoms with Crippen molar-refractivity contribution in [1.29, 1.82) is 0 Å². The number of nitrogens with zero attached hydrogens (tertiary/aromatic N) is 4. The first kappa shape index (κ1) is 15.6. The fraction of sp³-hybridized carbons (Fsp3) is 0.235. The summed E-state index contributed by atoms with van der Waals surface area (Å²) in [5.41, 5.74) is 2.08. The number of hydrogen-bond donors (Lipinski definition) is 1. The van der Waals surface area contributed by atoms with Crippen LogP contribution in [0.4, 0.5) is 5.82 Å². The molecule has 1 atom stereocenters. The van der Waals surface area contributed by atoms with Crippen LogP contribution in [0.3, 0.4) is 0 Å². The van der Waals surface area contributed by atoms with Crippen molar-refractivity contribution in [2.45, 2.75) is 6.42 Å². The molecule has 1 unspecified atom stereocenters. The van der Waals surface area contributed by atoms with Gasteiger partial charge in [0.15, 0.2) is 0 Å². The second-order valence-electron chi connectivity index (χ2n) is 5.91. The smallest absolute Gasteiger partial charge is 0.253 e. The SMILES string of the molecule is O=C(Nc1ccccn1)C1CCN(C(=O)c2ccc3nsnc3c2)C1. The van der Waals surface area contributed by atoms with Crippen molar-refractivity contribution in [2.24, 2.45) is 5.92 Å². The highest BCUT2D eigenvalue weighted by Crippen LogP contribution is 2.22. The number of pyridine rings is 1. The molecular formula is C17H15N5O2S. The summed E-state index contributed by atoms with van der Waals surface area (Å²) < 4.78 is 8.31. The van der Waals surface area contributed by atoms with Gasteiger partial charge in [0.1, 0.15) is 16.9 Å². The topological polar surface area (TPSA) is 88.1 Å². The Morgan fingerprint density at radius 3 is 2.88 bits per heavy atom. The van der Waals surface area contributed by atoms with Crippen molar-refractivity contribution in [2.75, 3.05) is 18.4 Å². The average molecular weight is 353 g/mol. The minimum Gasteiger partial charge on any atom is -0.338 e. The molecule has 1 saturated heterocycles. The van der Waals surface area contributed by atoms with Crippen molar-refractivity contribution < 1.29 is 9.59 Å². The van der Waals surface area contributed by atoms with E-state index in [2.05, 4.69) is 19.0 Å². The lowest BCUT2D eigenvalue weighted by atomic mass is 10.1. The Morgan fingerprint density at radius 1 is 1.16 bits per heavy atom. The number of anilines is 1. The molecule has 0 bridgehead atoms. The van der Waals surface area contributed by atoms with E-state index in [1.54, 1.807) is 41.4 Å². The second-order valence-corrected chi connectivity index (χ2v) is 6.44. The number of fused-ring (bicyclic) bond motifs is 1. The van der Waals surface area contributed by atoms with E-state index >= 15 is 0 Å². The van der Waals surface area contributed by atoms with Gasteiger partial charge in [0, 0.05) is 24.8 Å². The third kappa shape index (κ3) is 3.20. The number of hydrogen-bond acceptors (Lipinski definition) is 6. The van der Waals surface area contributed by atoms with Crippen LogP contribution in [0.1, 0.15) is 16.8 Å². The van der Waals surface area contributed by atoms with Crippen molar-refractivity contribution in [3.05, 3.63) is 48.2 Å². The molecule has 1 N–H and O–H groups in total. The van der Waals surface area contributed by atoms with Crippen LogP contribution in [0.5, 0.6) is 0 Å². The maximum atomic E-state index is 12.7. The van der Waals surface area contributed by atoms with Crippen LogP contribution in [0.15, 0.2) is 42.6 Å². The first-order chi connectivity index (χ1) is 12.2. The zero-order valence-corrected chi connectivity index (χ0v) is 14.1. The molecule has 0 spiro atoms. The van der Waals surface area contributed by atoms with Crippen LogP contribution in [-0.4, -0.2) is 43.5 Å². The molecule has 7 nitrogen and oxygen atoms in total. The number of benzene rings is 1. The Kier molecular flexibility index (Phi) is 4.10. The summed E-state index contributed by atoms with van der Waals surface area (Å²) in [4.78, 5) is 30.8. The monoisotopic (exact) mass is 353 g/mol. The zero-order valence-electron chi connectivity index (χ0n) is 13.3. The number of nitrogens with one attached hydrogen (secondary N) is 1. The molecular weight excluding hydrogens is 338 g/mol. The van der Waals surface area contributed by atoms with Crippen LogP contribution in [-0.2, 0) is 4.79 Å². The highest BCUT2D eigenvalue weighted by atomic mass is 32.1. The molecule has 126 valence electrons. The van der Waals surface area contributed by atoms with Gasteiger partial charge in [0.2, 0.25) is 5.91 Å². The van der Waals surface area contributed by atoms with E-state index in [0.29, 0.717) is 30.9 Å². The Labute approximate surface area is 148 Å². The van der Waals surface area contributed by atoms with Gasteiger partial charge in [-0.3, -0.25) is 9.59 Å². The van der Waals surface area contributed by atoms with Crippen LogP contribution < -0.4 is 5.32 Å². The Balaban J connectivity index is 1.42. The molecule has 2 amide bonds. The molecule has 1 aromatic carbocycles. The van der Waals surface area contributed by atoms with Crippen molar-refractivity contribution >= 4 is 40.4 Å². The summed E-state index contributed by atoms with van der Waals surface area (Å²) in [6.07, 6.45) is 2.27. The first-order valence-electron chi connectivity index (χ1n) is 7.94. The van der Waals surface area contributed by atoms with Gasteiger partial charge in [-0.1, -0.05) is 6.07 Å². The number of likely N-dealkylation sites (tertiary alicyclic amines) is 1. The average Bonchev–Trinajstić information content (AvgIpc) is 3.30. The summed E-state index contributed by atoms with van der Waals surface area (Å²) in [5.74, 6) is 0.116. The second kappa shape index (κ2) is 6.56. The van der Waals surface area contributed by atoms with E-state index in [1.807, 2.05) is 6.07 Å². The highest BCUT2D eigenvalue weighted by molar-refractivity contribution is 7.00. The van der Waals surface area contributed by atoms with Crippen molar-refractivity contribution in [3.63, 3.8) is 0 Å². The van der Waals surface area contributed by atoms with Gasteiger partial charge in [-0.25, -0.2) is 4.98 Å². The van der Waals surface area contributed by atoms with E-state index in [-0.39, 0.29) is 17.7 Å². The molecule has 1 aliphatic rings. The lowest BCUT2D eigenvalue weighted by Gasteiger charge is -2.16. The molecule has 4 rings (SSSR count). The van der Waals surface area contributed by atoms with Crippen LogP contribution in [0, 0.1) is 5.92 Å². The fourth-order valence-electron chi connectivity index (χ4n) is 2.92. The molecule has 3 aromatic rings. The van der Waals surface area contributed by atoms with E-state index in [0.717, 1.165) is 22.8 Å². The van der Waals surface area contributed by atoms with Gasteiger partial charge in [-0.15, -0.1) is 0 Å². The zero-order chi connectivity index (χ0) is 17.2. The fourth-order valence-corrected chi connectivity index (χ4v) is 3.44. The van der Waals surface area contributed by atoms with E-state index in [4.69, 9.17) is 0 Å². The lowest BCUT2D eigenvalue weighted by Crippen LogP contribution is -2.31. The lowest BCUT2D eigenvalue weighted by molar-refractivity contribution is -0.119. The Bertz CT molecular complexity index is 927. The number of carbonyl (C=O) groups excluding carboxylic acids is 2. The summed E-state index contributed by atoms with van der Waals surface area (Å²) in [6.45, 7) is 0.970. The number of amides is 2. The van der Waals surface area contributed by atoms with Gasteiger partial charge in [-0.2, -0.15) is 8.75 Å². The van der Waals surface area contributed by atoms with E-state index in [1.165, 1.54) is 0 Å². The predicted molar refractivity (Wildman–Crippen MR) is 94.3 cm³/mol. The van der Waals surface area contributed by atoms with Gasteiger partial charge in [0.05, 0.1) is 17.6 Å². The quantitative estimate of drug-likeness (QED) is 0.780. The molecule has 3 heterocycles. The molecule has 1 fully saturated rings. The van der Waals surface area contributed by atoms with E-state index < -0.39 is 0 Å². The van der Waals surface area contributed by atoms with Crippen molar-refractivity contribution in [3.8, 4) is 0 Å². The van der Waals surface area contributed by atoms with Gasteiger partial charge in [0.25, 0.3) is 5.91 Å². The maximum Gasteiger partial charge on any atom is 0.253 e. The molecule has 0 saturated carbocycles. The van der Waals surface area contributed by atoms with Crippen LogP contribution in [0.2, 0.25) is 0 Å². The van der Waals surface area contributed by atoms with Gasteiger partial charge < -0.3 is 10.2 Å². The summed E-state index contributed by atoms with van der Waals surface area (Å²) in [7, 11) is 0. The molecule has 1 aliphatic heterocycles. The van der Waals surface area contributed by atoms with E-state index in [9.17, 15) is 9.59 Å². The molecule has 0 aliphatic carbocycles. The van der Waals surface area contributed by atoms with Gasteiger partial charge >= 0.3 is 0 Å². The highest BCUT2D eigenvalue weighted by Gasteiger charge is 2.31. The normalized spacial score (nSPS) is 17.0. The number of rotatable bonds is 3. The Hall–Kier alpha value is -2.87. The molecule has 8 heteroatoms. The predicted octanol–water partition coefficient (Wildman–Crippen LogP) is 2.19. The van der Waals surface area contributed by atoms with Crippen LogP contribution >= 0.6 is 11.7 Å². The third-order valence-electron chi connectivity index (χ3n) is 4.26.